The first-order chi connectivity index (χ1) is 15.0. The van der Waals surface area contributed by atoms with Crippen molar-refractivity contribution in [2.24, 2.45) is 0 Å². The zero-order valence-electron chi connectivity index (χ0n) is 18.7. The summed E-state index contributed by atoms with van der Waals surface area (Å²) in [5.74, 6) is 1.10. The highest BCUT2D eigenvalue weighted by atomic mass is 19.1. The number of ether oxygens (including phenoxy) is 2. The van der Waals surface area contributed by atoms with Crippen molar-refractivity contribution in [2.45, 2.75) is 45.3 Å². The van der Waals surface area contributed by atoms with Crippen LogP contribution in [0.15, 0.2) is 36.4 Å². The monoisotopic (exact) mass is 429 g/mol. The number of carbonyl (C=O) groups is 1. The predicted octanol–water partition coefficient (Wildman–Crippen LogP) is 4.04. The number of fused-ring (bicyclic) bond motifs is 1. The lowest BCUT2D eigenvalue weighted by atomic mass is 9.87. The molecule has 7 heteroatoms. The number of nitrogens with zero attached hydrogens (tertiary/aromatic N) is 1. The number of benzene rings is 2. The minimum atomic E-state index is -0.222. The van der Waals surface area contributed by atoms with Crippen molar-refractivity contribution in [1.29, 1.82) is 0 Å². The molecule has 0 spiro atoms. The summed E-state index contributed by atoms with van der Waals surface area (Å²) in [5.41, 5.74) is 2.85. The number of methoxy groups -OCH3 is 2. The zero-order valence-corrected chi connectivity index (χ0v) is 18.7. The summed E-state index contributed by atoms with van der Waals surface area (Å²) in [6.07, 6.45) is 1.67. The molecule has 2 aromatic carbocycles. The average molecular weight is 430 g/mol. The highest BCUT2D eigenvalue weighted by molar-refractivity contribution is 5.74. The maximum Gasteiger partial charge on any atom is 0.315 e. The van der Waals surface area contributed by atoms with Gasteiger partial charge in [0.15, 0.2) is 11.5 Å². The molecule has 2 N–H and O–H groups in total. The van der Waals surface area contributed by atoms with Crippen LogP contribution < -0.4 is 20.1 Å². The van der Waals surface area contributed by atoms with E-state index in [4.69, 9.17) is 9.47 Å². The van der Waals surface area contributed by atoms with E-state index in [2.05, 4.69) is 15.5 Å². The quantitative estimate of drug-likeness (QED) is 0.665. The number of halogens is 1. The standard InChI is InChI=1S/C24H32FN3O3/c1-5-11-26-24(29)27-16(2)23-19-14-22(31-4)21(30-3)13-17(19)10-12-28(23)15-18-8-6-7-9-20(18)25/h6-9,13-14,16,23H,5,10-12,15H2,1-4H3,(H2,26,27,29)/t16-,23+/m1/s1. The van der Waals surface area contributed by atoms with Gasteiger partial charge in [0.25, 0.3) is 0 Å². The third kappa shape index (κ3) is 5.28. The van der Waals surface area contributed by atoms with Crippen LogP contribution >= 0.6 is 0 Å². The SMILES string of the molecule is CCCNC(=O)N[C@H](C)[C@H]1c2cc(OC)c(OC)cc2CCN1Cc1ccccc1F. The van der Waals surface area contributed by atoms with Gasteiger partial charge in [0.05, 0.1) is 20.3 Å². The molecule has 2 amide bonds. The van der Waals surface area contributed by atoms with Crippen LogP contribution in [0.25, 0.3) is 0 Å². The Bertz CT molecular complexity index is 906. The molecular weight excluding hydrogens is 397 g/mol. The van der Waals surface area contributed by atoms with Crippen LogP contribution in [0.4, 0.5) is 9.18 Å². The number of hydrogen-bond donors (Lipinski definition) is 2. The first kappa shape index (κ1) is 22.9. The van der Waals surface area contributed by atoms with E-state index in [-0.39, 0.29) is 23.9 Å². The van der Waals surface area contributed by atoms with Gasteiger partial charge in [0.2, 0.25) is 0 Å². The molecule has 31 heavy (non-hydrogen) atoms. The minimum Gasteiger partial charge on any atom is -0.493 e. The second kappa shape index (κ2) is 10.5. The van der Waals surface area contributed by atoms with Crippen molar-refractivity contribution in [1.82, 2.24) is 15.5 Å². The minimum absolute atomic E-state index is 0.143. The van der Waals surface area contributed by atoms with E-state index in [0.717, 1.165) is 30.5 Å². The molecule has 6 nitrogen and oxygen atoms in total. The second-order valence-corrected chi connectivity index (χ2v) is 7.85. The predicted molar refractivity (Wildman–Crippen MR) is 119 cm³/mol. The van der Waals surface area contributed by atoms with Crippen molar-refractivity contribution in [3.63, 3.8) is 0 Å². The van der Waals surface area contributed by atoms with Gasteiger partial charge in [-0.3, -0.25) is 4.90 Å². The third-order valence-electron chi connectivity index (χ3n) is 5.72. The summed E-state index contributed by atoms with van der Waals surface area (Å²) in [6, 6.07) is 10.3. The zero-order chi connectivity index (χ0) is 22.4. The number of carbonyl (C=O) groups excluding carboxylic acids is 1. The molecule has 2 aromatic rings. The van der Waals surface area contributed by atoms with Crippen LogP contribution in [0, 0.1) is 5.82 Å². The largest absolute Gasteiger partial charge is 0.493 e. The van der Waals surface area contributed by atoms with Gasteiger partial charge in [0, 0.05) is 31.2 Å². The molecule has 0 saturated heterocycles. The molecule has 2 atom stereocenters. The van der Waals surface area contributed by atoms with E-state index >= 15 is 0 Å². The van der Waals surface area contributed by atoms with E-state index < -0.39 is 0 Å². The fraction of sp³-hybridized carbons (Fsp3) is 0.458. The molecule has 0 saturated carbocycles. The van der Waals surface area contributed by atoms with Gasteiger partial charge < -0.3 is 20.1 Å². The highest BCUT2D eigenvalue weighted by Crippen LogP contribution is 2.40. The van der Waals surface area contributed by atoms with Gasteiger partial charge in [-0.25, -0.2) is 9.18 Å². The summed E-state index contributed by atoms with van der Waals surface area (Å²) >= 11 is 0. The Labute approximate surface area is 183 Å². The third-order valence-corrected chi connectivity index (χ3v) is 5.72. The van der Waals surface area contributed by atoms with E-state index in [9.17, 15) is 9.18 Å². The van der Waals surface area contributed by atoms with E-state index in [1.807, 2.05) is 38.1 Å². The maximum atomic E-state index is 14.4. The van der Waals surface area contributed by atoms with Gasteiger partial charge in [0.1, 0.15) is 5.82 Å². The topological polar surface area (TPSA) is 62.8 Å². The normalized spacial score (nSPS) is 16.9. The molecule has 0 aliphatic carbocycles. The Morgan fingerprint density at radius 1 is 1.23 bits per heavy atom. The van der Waals surface area contributed by atoms with Crippen molar-refractivity contribution in [3.8, 4) is 11.5 Å². The number of nitrogens with one attached hydrogen (secondary N) is 2. The van der Waals surface area contributed by atoms with Crippen molar-refractivity contribution >= 4 is 6.03 Å². The maximum absolute atomic E-state index is 14.4. The Morgan fingerprint density at radius 3 is 2.61 bits per heavy atom. The number of rotatable bonds is 8. The number of amides is 2. The fourth-order valence-electron chi connectivity index (χ4n) is 4.21. The molecule has 168 valence electrons. The fourth-order valence-corrected chi connectivity index (χ4v) is 4.21. The molecule has 0 fully saturated rings. The summed E-state index contributed by atoms with van der Waals surface area (Å²) < 4.78 is 25.4. The van der Waals surface area contributed by atoms with Crippen molar-refractivity contribution in [3.05, 3.63) is 58.9 Å². The first-order valence-corrected chi connectivity index (χ1v) is 10.7. The van der Waals surface area contributed by atoms with Crippen molar-refractivity contribution in [2.75, 3.05) is 27.3 Å². The molecular formula is C24H32FN3O3. The molecule has 1 aliphatic rings. The lowest BCUT2D eigenvalue weighted by Gasteiger charge is -2.41. The molecule has 0 radical (unpaired) electrons. The second-order valence-electron chi connectivity index (χ2n) is 7.85. The van der Waals surface area contributed by atoms with E-state index in [1.165, 1.54) is 6.07 Å². The Morgan fingerprint density at radius 2 is 1.94 bits per heavy atom. The van der Waals surface area contributed by atoms with Crippen LogP contribution in [0.1, 0.15) is 43.0 Å². The van der Waals surface area contributed by atoms with Crippen LogP contribution in [-0.4, -0.2) is 44.3 Å². The lowest BCUT2D eigenvalue weighted by molar-refractivity contribution is 0.141. The summed E-state index contributed by atoms with van der Waals surface area (Å²) in [4.78, 5) is 14.6. The molecule has 0 aromatic heterocycles. The van der Waals surface area contributed by atoms with Gasteiger partial charge in [-0.05, 0) is 49.1 Å². The smallest absolute Gasteiger partial charge is 0.315 e. The highest BCUT2D eigenvalue weighted by Gasteiger charge is 2.34. The Balaban J connectivity index is 1.95. The summed E-state index contributed by atoms with van der Waals surface area (Å²) in [6.45, 7) is 5.80. The molecule has 1 heterocycles. The number of urea groups is 1. The van der Waals surface area contributed by atoms with Gasteiger partial charge in [-0.2, -0.15) is 0 Å². The first-order valence-electron chi connectivity index (χ1n) is 10.7. The van der Waals surface area contributed by atoms with E-state index in [1.54, 1.807) is 20.3 Å². The average Bonchev–Trinajstić information content (AvgIpc) is 2.77. The van der Waals surface area contributed by atoms with E-state index in [0.29, 0.717) is 30.2 Å². The summed E-state index contributed by atoms with van der Waals surface area (Å²) in [5, 5.41) is 5.93. The van der Waals surface area contributed by atoms with Crippen molar-refractivity contribution < 1.29 is 18.7 Å². The van der Waals surface area contributed by atoms with Crippen LogP contribution in [0.3, 0.4) is 0 Å². The molecule has 3 rings (SSSR count). The Hall–Kier alpha value is -2.80. The van der Waals surface area contributed by atoms with Gasteiger partial charge in [-0.1, -0.05) is 25.1 Å². The van der Waals surface area contributed by atoms with Crippen LogP contribution in [-0.2, 0) is 13.0 Å². The number of hydrogen-bond acceptors (Lipinski definition) is 4. The molecule has 0 unspecified atom stereocenters. The van der Waals surface area contributed by atoms with Crippen LogP contribution in [0.2, 0.25) is 0 Å². The lowest BCUT2D eigenvalue weighted by Crippen LogP contribution is -2.50. The molecule has 1 aliphatic heterocycles. The summed E-state index contributed by atoms with van der Waals surface area (Å²) in [7, 11) is 3.23. The van der Waals surface area contributed by atoms with Gasteiger partial charge >= 0.3 is 6.03 Å². The van der Waals surface area contributed by atoms with Gasteiger partial charge in [-0.15, -0.1) is 0 Å². The molecule has 0 bridgehead atoms. The Kier molecular flexibility index (Phi) is 7.74. The van der Waals surface area contributed by atoms with Crippen LogP contribution in [0.5, 0.6) is 11.5 Å².